The maximum absolute atomic E-state index is 9.64. The molecular formula is C8H6N2O. The largest absolute Gasteiger partial charge is 0.265 e. The Morgan fingerprint density at radius 1 is 1.45 bits per heavy atom. The number of hydrogen-bond donors (Lipinski definition) is 0. The molecule has 0 bridgehead atoms. The molecule has 0 spiro atoms. The average Bonchev–Trinajstić information content (AvgIpc) is 2.07. The van der Waals surface area contributed by atoms with Crippen molar-refractivity contribution in [3.05, 3.63) is 36.3 Å². The van der Waals surface area contributed by atoms with Gasteiger partial charge < -0.3 is 0 Å². The van der Waals surface area contributed by atoms with Crippen LogP contribution in [0.4, 0.5) is 0 Å². The number of isocyanates is 1. The van der Waals surface area contributed by atoms with E-state index in [1.54, 1.807) is 18.5 Å². The van der Waals surface area contributed by atoms with Gasteiger partial charge in [-0.25, -0.2) is 4.79 Å². The van der Waals surface area contributed by atoms with Crippen LogP contribution in [-0.2, 0) is 4.79 Å². The van der Waals surface area contributed by atoms with Gasteiger partial charge in [-0.2, -0.15) is 4.99 Å². The van der Waals surface area contributed by atoms with Gasteiger partial charge in [-0.05, 0) is 23.8 Å². The van der Waals surface area contributed by atoms with Crippen LogP contribution in [0.5, 0.6) is 0 Å². The van der Waals surface area contributed by atoms with Crippen LogP contribution in [0.1, 0.15) is 5.56 Å². The Kier molecular flexibility index (Phi) is 2.78. The minimum absolute atomic E-state index is 0.957. The van der Waals surface area contributed by atoms with E-state index < -0.39 is 0 Å². The summed E-state index contributed by atoms with van der Waals surface area (Å²) >= 11 is 0. The van der Waals surface area contributed by atoms with Crippen molar-refractivity contribution in [3.8, 4) is 0 Å². The Hall–Kier alpha value is -1.73. The van der Waals surface area contributed by atoms with Gasteiger partial charge in [-0.1, -0.05) is 0 Å². The summed E-state index contributed by atoms with van der Waals surface area (Å²) < 4.78 is 0. The second kappa shape index (κ2) is 4.14. The first-order valence-corrected chi connectivity index (χ1v) is 3.07. The van der Waals surface area contributed by atoms with Crippen LogP contribution >= 0.6 is 0 Å². The molecule has 54 valence electrons. The van der Waals surface area contributed by atoms with Gasteiger partial charge in [-0.15, -0.1) is 0 Å². The number of carbonyl (C=O) groups excluding carboxylic acids is 1. The molecule has 0 saturated heterocycles. The molecule has 1 heterocycles. The van der Waals surface area contributed by atoms with Gasteiger partial charge in [0.1, 0.15) is 0 Å². The minimum Gasteiger partial charge on any atom is -0.265 e. The summed E-state index contributed by atoms with van der Waals surface area (Å²) in [5.74, 6) is 0. The number of aliphatic imine (C=N–C) groups is 1. The highest BCUT2D eigenvalue weighted by atomic mass is 16.1. The fourth-order valence-corrected chi connectivity index (χ4v) is 0.628. The molecule has 0 aliphatic rings. The standard InChI is InChI=1S/C8H6N2O/c11-7-10-6-3-8-1-4-9-5-2-8/h1-6H/b6-3-. The number of nitrogens with zero attached hydrogens (tertiary/aromatic N) is 2. The topological polar surface area (TPSA) is 42.3 Å². The molecule has 0 N–H and O–H groups in total. The molecule has 1 aromatic heterocycles. The molecule has 0 aromatic carbocycles. The van der Waals surface area contributed by atoms with E-state index in [0.717, 1.165) is 5.56 Å². The molecule has 0 atom stereocenters. The highest BCUT2D eigenvalue weighted by Gasteiger charge is 1.80. The second-order valence-corrected chi connectivity index (χ2v) is 1.82. The van der Waals surface area contributed by atoms with E-state index in [1.807, 2.05) is 12.1 Å². The maximum Gasteiger partial charge on any atom is 0.239 e. The fourth-order valence-electron chi connectivity index (χ4n) is 0.628. The lowest BCUT2D eigenvalue weighted by Gasteiger charge is -1.86. The van der Waals surface area contributed by atoms with Crippen molar-refractivity contribution >= 4 is 12.2 Å². The van der Waals surface area contributed by atoms with Crippen LogP contribution in [0.2, 0.25) is 0 Å². The molecule has 1 aromatic rings. The third-order valence-electron chi connectivity index (χ3n) is 1.10. The maximum atomic E-state index is 9.64. The molecule has 0 saturated carbocycles. The molecule has 0 aliphatic heterocycles. The SMILES string of the molecule is O=C=N/C=C\c1ccncc1. The first-order chi connectivity index (χ1) is 5.43. The van der Waals surface area contributed by atoms with Gasteiger partial charge in [-0.3, -0.25) is 4.98 Å². The fraction of sp³-hybridized carbons (Fsp3) is 0. The van der Waals surface area contributed by atoms with Crippen LogP contribution in [0.25, 0.3) is 6.08 Å². The lowest BCUT2D eigenvalue weighted by atomic mass is 10.3. The Morgan fingerprint density at radius 2 is 2.18 bits per heavy atom. The lowest BCUT2D eigenvalue weighted by Crippen LogP contribution is -1.70. The van der Waals surface area contributed by atoms with Gasteiger partial charge in [0.2, 0.25) is 6.08 Å². The van der Waals surface area contributed by atoms with Gasteiger partial charge in [0, 0.05) is 18.6 Å². The molecule has 1 rings (SSSR count). The van der Waals surface area contributed by atoms with Gasteiger partial charge in [0.25, 0.3) is 0 Å². The van der Waals surface area contributed by atoms with Crippen molar-refractivity contribution in [2.75, 3.05) is 0 Å². The summed E-state index contributed by atoms with van der Waals surface area (Å²) in [5, 5.41) is 0. The Bertz CT molecular complexity index is 286. The number of aromatic nitrogens is 1. The van der Waals surface area contributed by atoms with Crippen LogP contribution in [0, 0.1) is 0 Å². The smallest absolute Gasteiger partial charge is 0.239 e. The highest BCUT2D eigenvalue weighted by Crippen LogP contribution is 1.97. The van der Waals surface area contributed by atoms with E-state index in [0.29, 0.717) is 0 Å². The average molecular weight is 146 g/mol. The summed E-state index contributed by atoms with van der Waals surface area (Å²) in [6.45, 7) is 0. The molecule has 3 heteroatoms. The molecule has 11 heavy (non-hydrogen) atoms. The molecule has 0 fully saturated rings. The van der Waals surface area contributed by atoms with E-state index in [-0.39, 0.29) is 0 Å². The molecule has 0 unspecified atom stereocenters. The van der Waals surface area contributed by atoms with E-state index in [4.69, 9.17) is 0 Å². The van der Waals surface area contributed by atoms with Crippen LogP contribution in [0.3, 0.4) is 0 Å². The molecule has 3 nitrogen and oxygen atoms in total. The molecular weight excluding hydrogens is 140 g/mol. The molecule has 0 aliphatic carbocycles. The van der Waals surface area contributed by atoms with E-state index >= 15 is 0 Å². The monoisotopic (exact) mass is 146 g/mol. The van der Waals surface area contributed by atoms with Crippen molar-refractivity contribution in [2.24, 2.45) is 4.99 Å². The van der Waals surface area contributed by atoms with E-state index in [2.05, 4.69) is 9.98 Å². The third-order valence-corrected chi connectivity index (χ3v) is 1.10. The van der Waals surface area contributed by atoms with Crippen molar-refractivity contribution in [1.29, 1.82) is 0 Å². The Morgan fingerprint density at radius 3 is 2.82 bits per heavy atom. The first-order valence-electron chi connectivity index (χ1n) is 3.07. The number of hydrogen-bond acceptors (Lipinski definition) is 3. The minimum atomic E-state index is 0.957. The first kappa shape index (κ1) is 7.38. The van der Waals surface area contributed by atoms with Crippen molar-refractivity contribution < 1.29 is 4.79 Å². The Labute approximate surface area is 64.1 Å². The predicted molar refractivity (Wildman–Crippen MR) is 41.4 cm³/mol. The van der Waals surface area contributed by atoms with Crippen molar-refractivity contribution in [2.45, 2.75) is 0 Å². The van der Waals surface area contributed by atoms with Crippen LogP contribution in [0.15, 0.2) is 35.7 Å². The second-order valence-electron chi connectivity index (χ2n) is 1.82. The summed E-state index contributed by atoms with van der Waals surface area (Å²) in [4.78, 5) is 16.7. The van der Waals surface area contributed by atoms with Gasteiger partial charge in [0.05, 0.1) is 0 Å². The van der Waals surface area contributed by atoms with Crippen LogP contribution < -0.4 is 0 Å². The zero-order valence-corrected chi connectivity index (χ0v) is 5.77. The van der Waals surface area contributed by atoms with Crippen LogP contribution in [-0.4, -0.2) is 11.1 Å². The van der Waals surface area contributed by atoms with Gasteiger partial charge in [0.15, 0.2) is 0 Å². The third kappa shape index (κ3) is 2.56. The normalized spacial score (nSPS) is 9.45. The summed E-state index contributed by atoms with van der Waals surface area (Å²) in [5.41, 5.74) is 0.957. The summed E-state index contributed by atoms with van der Waals surface area (Å²) in [6.07, 6.45) is 7.84. The molecule has 0 radical (unpaired) electrons. The molecule has 0 amide bonds. The van der Waals surface area contributed by atoms with Crippen molar-refractivity contribution in [1.82, 2.24) is 4.98 Å². The van der Waals surface area contributed by atoms with Gasteiger partial charge >= 0.3 is 0 Å². The zero-order valence-electron chi connectivity index (χ0n) is 5.77. The highest BCUT2D eigenvalue weighted by molar-refractivity contribution is 5.49. The number of rotatable bonds is 2. The van der Waals surface area contributed by atoms with E-state index in [1.165, 1.54) is 12.3 Å². The predicted octanol–water partition coefficient (Wildman–Crippen LogP) is 1.39. The lowest BCUT2D eigenvalue weighted by molar-refractivity contribution is 0.565. The van der Waals surface area contributed by atoms with Crippen molar-refractivity contribution in [3.63, 3.8) is 0 Å². The summed E-state index contributed by atoms with van der Waals surface area (Å²) in [7, 11) is 0. The quantitative estimate of drug-likeness (QED) is 0.467. The summed E-state index contributed by atoms with van der Waals surface area (Å²) in [6, 6.07) is 3.63. The van der Waals surface area contributed by atoms with E-state index in [9.17, 15) is 4.79 Å². The number of pyridine rings is 1. The zero-order chi connectivity index (χ0) is 7.94. The Balaban J connectivity index is 2.72.